The van der Waals surface area contributed by atoms with E-state index in [1.165, 1.54) is 89.9 Å². The number of rotatable bonds is 16. The molecule has 0 atom stereocenters. The fourth-order valence-electron chi connectivity index (χ4n) is 2.88. The lowest BCUT2D eigenvalue weighted by Gasteiger charge is -2.06. The van der Waals surface area contributed by atoms with Crippen molar-refractivity contribution in [1.29, 1.82) is 0 Å². The lowest BCUT2D eigenvalue weighted by molar-refractivity contribution is 0.536. The maximum atomic E-state index is 4.01. The molecule has 1 aromatic rings. The van der Waals surface area contributed by atoms with Crippen molar-refractivity contribution in [2.24, 2.45) is 0 Å². The molecule has 0 aliphatic heterocycles. The zero-order valence-electron chi connectivity index (χ0n) is 15.1. The van der Waals surface area contributed by atoms with Crippen LogP contribution in [0.2, 0.25) is 0 Å². The molecule has 1 N–H and O–H groups in total. The quantitative estimate of drug-likeness (QED) is 0.355. The number of hydrogen-bond acceptors (Lipinski definition) is 2. The summed E-state index contributed by atoms with van der Waals surface area (Å²) in [6.07, 6.45) is 25.4. The third-order valence-corrected chi connectivity index (χ3v) is 4.33. The van der Waals surface area contributed by atoms with E-state index >= 15 is 0 Å². The monoisotopic (exact) mass is 343 g/mol. The smallest absolute Gasteiger partial charge is 0.114 e. The van der Waals surface area contributed by atoms with E-state index in [1.54, 1.807) is 6.20 Å². The Morgan fingerprint density at radius 2 is 1.22 bits per heavy atom. The molecule has 3 nitrogen and oxygen atoms in total. The molecule has 0 aliphatic carbocycles. The van der Waals surface area contributed by atoms with Crippen LogP contribution in [0.25, 0.3) is 0 Å². The normalized spacial score (nSPS) is 10.5. The molecule has 0 saturated carbocycles. The molecule has 0 amide bonds. The summed E-state index contributed by atoms with van der Waals surface area (Å²) < 4.78 is 1.93. The van der Waals surface area contributed by atoms with Crippen molar-refractivity contribution >= 4 is 12.4 Å². The van der Waals surface area contributed by atoms with Gasteiger partial charge in [-0.2, -0.15) is 0 Å². The summed E-state index contributed by atoms with van der Waals surface area (Å²) in [7, 11) is 0. The fourth-order valence-corrected chi connectivity index (χ4v) is 2.88. The van der Waals surface area contributed by atoms with Gasteiger partial charge in [0.25, 0.3) is 0 Å². The van der Waals surface area contributed by atoms with E-state index in [9.17, 15) is 0 Å². The molecule has 136 valence electrons. The number of imidazole rings is 1. The molecule has 0 bridgehead atoms. The summed E-state index contributed by atoms with van der Waals surface area (Å²) in [5.74, 6) is 0. The van der Waals surface area contributed by atoms with Crippen LogP contribution in [0.4, 0.5) is 0 Å². The van der Waals surface area contributed by atoms with Crippen molar-refractivity contribution in [3.8, 4) is 0 Å². The average Bonchev–Trinajstić information content (AvgIpc) is 3.04. The van der Waals surface area contributed by atoms with Crippen LogP contribution in [0.3, 0.4) is 0 Å². The van der Waals surface area contributed by atoms with Gasteiger partial charge in [-0.05, 0) is 6.42 Å². The molecular formula is C19H38ClN3. The second-order valence-corrected chi connectivity index (χ2v) is 6.47. The van der Waals surface area contributed by atoms with E-state index in [0.717, 1.165) is 6.54 Å². The Morgan fingerprint density at radius 3 is 1.65 bits per heavy atom. The molecule has 0 aliphatic rings. The first kappa shape index (κ1) is 22.3. The maximum absolute atomic E-state index is 4.01. The van der Waals surface area contributed by atoms with Crippen LogP contribution in [-0.2, 0) is 0 Å². The Kier molecular flexibility index (Phi) is 17.1. The predicted octanol–water partition coefficient (Wildman–Crippen LogP) is 6.33. The van der Waals surface area contributed by atoms with Crippen LogP contribution in [0.15, 0.2) is 18.7 Å². The standard InChI is InChI=1S/C19H37N3.ClH/c1-2-3-4-5-6-7-8-9-10-11-12-13-14-15-16-21-22-18-17-20-19-22;/h17-19,21H,2-16H2,1H3;1H. The third-order valence-electron chi connectivity index (χ3n) is 4.33. The number of hydrogen-bond donors (Lipinski definition) is 1. The number of nitrogens with one attached hydrogen (secondary N) is 1. The van der Waals surface area contributed by atoms with Crippen molar-refractivity contribution in [2.75, 3.05) is 12.0 Å². The van der Waals surface area contributed by atoms with Gasteiger partial charge in [-0.15, -0.1) is 12.4 Å². The van der Waals surface area contributed by atoms with Gasteiger partial charge >= 0.3 is 0 Å². The molecule has 0 spiro atoms. The maximum Gasteiger partial charge on any atom is 0.114 e. The van der Waals surface area contributed by atoms with Crippen LogP contribution >= 0.6 is 12.4 Å². The van der Waals surface area contributed by atoms with E-state index < -0.39 is 0 Å². The van der Waals surface area contributed by atoms with Gasteiger partial charge in [-0.1, -0.05) is 90.4 Å². The summed E-state index contributed by atoms with van der Waals surface area (Å²) >= 11 is 0. The fraction of sp³-hybridized carbons (Fsp3) is 0.842. The largest absolute Gasteiger partial charge is 0.325 e. The van der Waals surface area contributed by atoms with Crippen LogP contribution in [0, 0.1) is 0 Å². The topological polar surface area (TPSA) is 29.9 Å². The molecule has 1 heterocycles. The Balaban J connectivity index is 0.00000484. The summed E-state index contributed by atoms with van der Waals surface area (Å²) in [4.78, 5) is 4.01. The minimum absolute atomic E-state index is 0. The van der Waals surface area contributed by atoms with Crippen molar-refractivity contribution in [3.05, 3.63) is 18.7 Å². The molecule has 0 radical (unpaired) electrons. The van der Waals surface area contributed by atoms with Gasteiger partial charge in [0, 0.05) is 18.9 Å². The molecule has 0 saturated heterocycles. The summed E-state index contributed by atoms with van der Waals surface area (Å²) in [6, 6.07) is 0. The van der Waals surface area contributed by atoms with Crippen molar-refractivity contribution in [2.45, 2.75) is 96.8 Å². The Bertz CT molecular complexity index is 314. The van der Waals surface area contributed by atoms with E-state index in [-0.39, 0.29) is 12.4 Å². The SMILES string of the molecule is CCCCCCCCCCCCCCCCNn1ccnc1.Cl. The van der Waals surface area contributed by atoms with Crippen LogP contribution < -0.4 is 5.43 Å². The molecule has 23 heavy (non-hydrogen) atoms. The lowest BCUT2D eigenvalue weighted by atomic mass is 10.0. The lowest BCUT2D eigenvalue weighted by Crippen LogP contribution is -2.13. The highest BCUT2D eigenvalue weighted by Crippen LogP contribution is 2.12. The Morgan fingerprint density at radius 1 is 0.739 bits per heavy atom. The molecule has 4 heteroatoms. The average molecular weight is 344 g/mol. The van der Waals surface area contributed by atoms with Crippen molar-refractivity contribution < 1.29 is 0 Å². The molecule has 1 rings (SSSR count). The van der Waals surface area contributed by atoms with Crippen LogP contribution in [-0.4, -0.2) is 16.2 Å². The predicted molar refractivity (Wildman–Crippen MR) is 104 cm³/mol. The van der Waals surface area contributed by atoms with Gasteiger partial charge in [-0.3, -0.25) is 4.68 Å². The van der Waals surface area contributed by atoms with E-state index in [4.69, 9.17) is 0 Å². The van der Waals surface area contributed by atoms with E-state index in [0.29, 0.717) is 0 Å². The molecule has 0 unspecified atom stereocenters. The number of aromatic nitrogens is 2. The van der Waals surface area contributed by atoms with E-state index in [2.05, 4.69) is 17.3 Å². The number of unbranched alkanes of at least 4 members (excludes halogenated alkanes) is 13. The Hall–Kier alpha value is -0.700. The second kappa shape index (κ2) is 17.7. The molecule has 1 aromatic heterocycles. The minimum Gasteiger partial charge on any atom is -0.325 e. The first-order valence-electron chi connectivity index (χ1n) is 9.65. The molecule has 0 aromatic carbocycles. The highest BCUT2D eigenvalue weighted by atomic mass is 35.5. The highest BCUT2D eigenvalue weighted by molar-refractivity contribution is 5.85. The van der Waals surface area contributed by atoms with Gasteiger partial charge in [0.15, 0.2) is 0 Å². The minimum atomic E-state index is 0. The molecular weight excluding hydrogens is 306 g/mol. The second-order valence-electron chi connectivity index (χ2n) is 6.47. The zero-order valence-corrected chi connectivity index (χ0v) is 16.0. The summed E-state index contributed by atoms with van der Waals surface area (Å²) in [6.45, 7) is 3.34. The summed E-state index contributed by atoms with van der Waals surface area (Å²) in [5, 5.41) is 0. The first-order chi connectivity index (χ1) is 10.9. The molecule has 0 fully saturated rings. The highest BCUT2D eigenvalue weighted by Gasteiger charge is 1.94. The van der Waals surface area contributed by atoms with E-state index in [1.807, 2.05) is 17.2 Å². The number of nitrogens with zero attached hydrogens (tertiary/aromatic N) is 2. The van der Waals surface area contributed by atoms with Crippen molar-refractivity contribution in [1.82, 2.24) is 9.66 Å². The zero-order chi connectivity index (χ0) is 15.7. The Labute approximate surface area is 150 Å². The first-order valence-corrected chi connectivity index (χ1v) is 9.65. The number of halogens is 1. The third kappa shape index (κ3) is 14.6. The van der Waals surface area contributed by atoms with Crippen LogP contribution in [0.5, 0.6) is 0 Å². The van der Waals surface area contributed by atoms with Gasteiger partial charge in [-0.25, -0.2) is 4.98 Å². The van der Waals surface area contributed by atoms with Gasteiger partial charge in [0.1, 0.15) is 6.33 Å². The van der Waals surface area contributed by atoms with Gasteiger partial charge in [0.2, 0.25) is 0 Å². The van der Waals surface area contributed by atoms with Gasteiger partial charge in [0.05, 0.1) is 0 Å². The van der Waals surface area contributed by atoms with Gasteiger partial charge < -0.3 is 5.43 Å². The van der Waals surface area contributed by atoms with Crippen molar-refractivity contribution in [3.63, 3.8) is 0 Å². The summed E-state index contributed by atoms with van der Waals surface area (Å²) in [5.41, 5.74) is 3.32. The van der Waals surface area contributed by atoms with Crippen LogP contribution in [0.1, 0.15) is 96.8 Å².